The second kappa shape index (κ2) is 8.26. The Kier molecular flexibility index (Phi) is 5.58. The molecule has 3 rings (SSSR count). The number of thiophene rings is 1. The molecule has 0 aliphatic rings. The van der Waals surface area contributed by atoms with Gasteiger partial charge in [0.15, 0.2) is 0 Å². The molecule has 0 unspecified atom stereocenters. The number of benzene rings is 1. The maximum Gasteiger partial charge on any atom is 0.224 e. The van der Waals surface area contributed by atoms with Crippen molar-refractivity contribution in [1.29, 1.82) is 0 Å². The van der Waals surface area contributed by atoms with E-state index in [2.05, 4.69) is 33.1 Å². The maximum absolute atomic E-state index is 12.0. The molecule has 1 amide bonds. The van der Waals surface area contributed by atoms with E-state index >= 15 is 0 Å². The molecule has 122 valence electrons. The number of rotatable bonds is 7. The summed E-state index contributed by atoms with van der Waals surface area (Å²) in [6.07, 6.45) is 3.86. The van der Waals surface area contributed by atoms with E-state index in [0.29, 0.717) is 13.0 Å². The van der Waals surface area contributed by atoms with Crippen molar-refractivity contribution in [1.82, 2.24) is 10.3 Å². The van der Waals surface area contributed by atoms with Crippen LogP contribution in [0.25, 0.3) is 0 Å². The Balaban J connectivity index is 1.45. The lowest BCUT2D eigenvalue weighted by Gasteiger charge is -2.07. The normalized spacial score (nSPS) is 10.3. The van der Waals surface area contributed by atoms with Crippen molar-refractivity contribution in [2.45, 2.75) is 19.5 Å². The number of pyridine rings is 1. The van der Waals surface area contributed by atoms with E-state index in [4.69, 9.17) is 0 Å². The number of carbonyl (C=O) groups excluding carboxylic acids is 1. The lowest BCUT2D eigenvalue weighted by molar-refractivity contribution is -0.120. The first kappa shape index (κ1) is 16.2. The number of nitrogens with zero attached hydrogens (tertiary/aromatic N) is 1. The molecule has 0 radical (unpaired) electrons. The third-order valence-corrected chi connectivity index (χ3v) is 4.45. The molecule has 2 aromatic heterocycles. The van der Waals surface area contributed by atoms with Crippen LogP contribution in [0.2, 0.25) is 0 Å². The molecule has 0 spiro atoms. The summed E-state index contributed by atoms with van der Waals surface area (Å²) >= 11 is 1.74. The van der Waals surface area contributed by atoms with Gasteiger partial charge in [-0.25, -0.2) is 0 Å². The minimum atomic E-state index is 0.0122. The largest absolute Gasteiger partial charge is 0.380 e. The first-order valence-corrected chi connectivity index (χ1v) is 8.68. The Morgan fingerprint density at radius 1 is 1.00 bits per heavy atom. The maximum atomic E-state index is 12.0. The smallest absolute Gasteiger partial charge is 0.224 e. The molecule has 4 nitrogen and oxygen atoms in total. The quantitative estimate of drug-likeness (QED) is 0.692. The summed E-state index contributed by atoms with van der Waals surface area (Å²) in [5, 5.41) is 8.36. The van der Waals surface area contributed by atoms with E-state index in [0.717, 1.165) is 23.4 Å². The van der Waals surface area contributed by atoms with Crippen LogP contribution in [0, 0.1) is 0 Å². The van der Waals surface area contributed by atoms with Crippen LogP contribution in [-0.2, 0) is 24.3 Å². The third-order valence-electron chi connectivity index (χ3n) is 3.58. The van der Waals surface area contributed by atoms with E-state index < -0.39 is 0 Å². The summed E-state index contributed by atoms with van der Waals surface area (Å²) < 4.78 is 0. The fourth-order valence-corrected chi connectivity index (χ4v) is 2.94. The number of nitrogens with one attached hydrogen (secondary N) is 2. The molecular formula is C19H19N3OS. The minimum Gasteiger partial charge on any atom is -0.380 e. The van der Waals surface area contributed by atoms with Crippen LogP contribution in [0.4, 0.5) is 5.69 Å². The fraction of sp³-hybridized carbons (Fsp3) is 0.158. The number of anilines is 1. The predicted molar refractivity (Wildman–Crippen MR) is 97.9 cm³/mol. The van der Waals surface area contributed by atoms with Gasteiger partial charge in [-0.1, -0.05) is 24.3 Å². The van der Waals surface area contributed by atoms with Gasteiger partial charge in [0.05, 0.1) is 6.42 Å². The molecule has 0 fully saturated rings. The Labute approximate surface area is 145 Å². The molecule has 2 heterocycles. The molecule has 24 heavy (non-hydrogen) atoms. The number of hydrogen-bond donors (Lipinski definition) is 2. The molecule has 0 atom stereocenters. The minimum absolute atomic E-state index is 0.0122. The first-order chi connectivity index (χ1) is 11.8. The van der Waals surface area contributed by atoms with Gasteiger partial charge < -0.3 is 10.6 Å². The molecule has 1 aromatic carbocycles. The Morgan fingerprint density at radius 3 is 2.58 bits per heavy atom. The lowest BCUT2D eigenvalue weighted by Crippen LogP contribution is -2.24. The van der Waals surface area contributed by atoms with Gasteiger partial charge in [0.25, 0.3) is 0 Å². The average Bonchev–Trinajstić information content (AvgIpc) is 3.14. The third kappa shape index (κ3) is 4.93. The zero-order chi connectivity index (χ0) is 16.6. The van der Waals surface area contributed by atoms with Crippen molar-refractivity contribution in [3.63, 3.8) is 0 Å². The highest BCUT2D eigenvalue weighted by Crippen LogP contribution is 2.14. The lowest BCUT2D eigenvalue weighted by atomic mass is 10.1. The van der Waals surface area contributed by atoms with Crippen LogP contribution >= 0.6 is 11.3 Å². The van der Waals surface area contributed by atoms with Crippen molar-refractivity contribution < 1.29 is 4.79 Å². The van der Waals surface area contributed by atoms with Gasteiger partial charge in [-0.2, -0.15) is 0 Å². The SMILES string of the molecule is O=C(Cc1ccc(NCc2cccs2)cc1)NCc1cccnc1. The molecule has 0 saturated heterocycles. The number of amides is 1. The van der Waals surface area contributed by atoms with E-state index in [1.807, 2.05) is 36.4 Å². The van der Waals surface area contributed by atoms with Crippen molar-refractivity contribution in [3.05, 3.63) is 82.3 Å². The molecule has 0 saturated carbocycles. The molecule has 5 heteroatoms. The van der Waals surface area contributed by atoms with E-state index in [1.54, 1.807) is 23.7 Å². The summed E-state index contributed by atoms with van der Waals surface area (Å²) in [4.78, 5) is 17.3. The summed E-state index contributed by atoms with van der Waals surface area (Å²) in [5.41, 5.74) is 3.06. The first-order valence-electron chi connectivity index (χ1n) is 7.80. The van der Waals surface area contributed by atoms with Gasteiger partial charge in [0.2, 0.25) is 5.91 Å². The number of hydrogen-bond acceptors (Lipinski definition) is 4. The van der Waals surface area contributed by atoms with E-state index in [1.165, 1.54) is 4.88 Å². The topological polar surface area (TPSA) is 54.0 Å². The van der Waals surface area contributed by atoms with Gasteiger partial charge in [-0.15, -0.1) is 11.3 Å². The molecule has 0 bridgehead atoms. The van der Waals surface area contributed by atoms with Gasteiger partial charge in [0, 0.05) is 36.0 Å². The predicted octanol–water partition coefficient (Wildman–Crippen LogP) is 3.61. The number of aromatic nitrogens is 1. The van der Waals surface area contributed by atoms with Crippen LogP contribution in [0.5, 0.6) is 0 Å². The van der Waals surface area contributed by atoms with Crippen molar-refractivity contribution in [2.75, 3.05) is 5.32 Å². The van der Waals surface area contributed by atoms with E-state index in [-0.39, 0.29) is 5.91 Å². The highest BCUT2D eigenvalue weighted by Gasteiger charge is 2.04. The van der Waals surface area contributed by atoms with E-state index in [9.17, 15) is 4.79 Å². The van der Waals surface area contributed by atoms with Gasteiger partial charge in [-0.3, -0.25) is 9.78 Å². The van der Waals surface area contributed by atoms with Crippen molar-refractivity contribution >= 4 is 22.9 Å². The Morgan fingerprint density at radius 2 is 1.88 bits per heavy atom. The Hall–Kier alpha value is -2.66. The number of carbonyl (C=O) groups is 1. The van der Waals surface area contributed by atoms with Crippen LogP contribution in [0.1, 0.15) is 16.0 Å². The second-order valence-electron chi connectivity index (χ2n) is 5.44. The van der Waals surface area contributed by atoms with Gasteiger partial charge in [-0.05, 0) is 40.8 Å². The summed E-state index contributed by atoms with van der Waals surface area (Å²) in [5.74, 6) is 0.0122. The van der Waals surface area contributed by atoms with Gasteiger partial charge >= 0.3 is 0 Å². The van der Waals surface area contributed by atoms with Crippen LogP contribution in [0.15, 0.2) is 66.3 Å². The fourth-order valence-electron chi connectivity index (χ4n) is 2.29. The van der Waals surface area contributed by atoms with Crippen LogP contribution in [0.3, 0.4) is 0 Å². The van der Waals surface area contributed by atoms with Crippen molar-refractivity contribution in [3.8, 4) is 0 Å². The summed E-state index contributed by atoms with van der Waals surface area (Å²) in [6.45, 7) is 1.33. The van der Waals surface area contributed by atoms with Crippen molar-refractivity contribution in [2.24, 2.45) is 0 Å². The molecule has 2 N–H and O–H groups in total. The molecule has 0 aliphatic heterocycles. The molecular weight excluding hydrogens is 318 g/mol. The Bertz CT molecular complexity index is 755. The zero-order valence-electron chi connectivity index (χ0n) is 13.2. The molecule has 0 aliphatic carbocycles. The average molecular weight is 337 g/mol. The summed E-state index contributed by atoms with van der Waals surface area (Å²) in [7, 11) is 0. The highest BCUT2D eigenvalue weighted by atomic mass is 32.1. The van der Waals surface area contributed by atoms with Crippen LogP contribution < -0.4 is 10.6 Å². The van der Waals surface area contributed by atoms with Gasteiger partial charge in [0.1, 0.15) is 0 Å². The zero-order valence-corrected chi connectivity index (χ0v) is 14.1. The second-order valence-corrected chi connectivity index (χ2v) is 6.48. The summed E-state index contributed by atoms with van der Waals surface area (Å²) in [6, 6.07) is 16.0. The standard InChI is InChI=1S/C19H19N3OS/c23-19(22-13-16-3-1-9-20-12-16)11-15-5-7-17(8-6-15)21-14-18-4-2-10-24-18/h1-10,12,21H,11,13-14H2,(H,22,23). The monoisotopic (exact) mass is 337 g/mol. The van der Waals surface area contributed by atoms with Crippen LogP contribution in [-0.4, -0.2) is 10.9 Å². The molecule has 3 aromatic rings. The highest BCUT2D eigenvalue weighted by molar-refractivity contribution is 7.09.